The number of benzene rings is 1. The molecule has 1 aliphatic rings. The molecular formula is C30H44O9Si. The number of cyclic esters (lactones) is 3. The molecule has 9 nitrogen and oxygen atoms in total. The third-order valence-electron chi connectivity index (χ3n) is 7.02. The zero-order chi connectivity index (χ0) is 30.1. The molecule has 222 valence electrons. The van der Waals surface area contributed by atoms with Crippen molar-refractivity contribution in [3.63, 3.8) is 0 Å². The standard InChI is InChI=1S/C30H44O9Si/c1-20-18-29(33)38-25(21(2)35-19-23-10-12-24(34-7)13-11-23)14-16-28(32)37-22(3)26(15-17-27(31)36-20)39-40(8,9)30(4,5)6/h10-17,20-22,25-26H,18-19H2,1-9H3/b16-14+,17-15+/t20-,21+,22+,25-,26-/m1/s1. The van der Waals surface area contributed by atoms with Crippen LogP contribution in [0.15, 0.2) is 48.6 Å². The minimum absolute atomic E-state index is 0.108. The van der Waals surface area contributed by atoms with Crippen LogP contribution in [0.3, 0.4) is 0 Å². The number of ether oxygens (including phenoxy) is 5. The van der Waals surface area contributed by atoms with Gasteiger partial charge >= 0.3 is 17.9 Å². The molecule has 0 aromatic heterocycles. The molecule has 1 aromatic carbocycles. The Morgan fingerprint density at radius 3 is 2.15 bits per heavy atom. The van der Waals surface area contributed by atoms with E-state index >= 15 is 0 Å². The molecule has 0 spiro atoms. The van der Waals surface area contributed by atoms with Gasteiger partial charge in [0.25, 0.3) is 0 Å². The van der Waals surface area contributed by atoms with Crippen LogP contribution in [0.2, 0.25) is 18.1 Å². The summed E-state index contributed by atoms with van der Waals surface area (Å²) in [7, 11) is -0.694. The van der Waals surface area contributed by atoms with Crippen LogP contribution in [-0.4, -0.2) is 63.9 Å². The number of hydrogen-bond acceptors (Lipinski definition) is 9. The molecule has 1 heterocycles. The maximum Gasteiger partial charge on any atom is 0.330 e. The second-order valence-corrected chi connectivity index (χ2v) is 16.2. The van der Waals surface area contributed by atoms with Gasteiger partial charge in [0.1, 0.15) is 30.2 Å². The van der Waals surface area contributed by atoms with Crippen LogP contribution in [0, 0.1) is 0 Å². The molecule has 0 aliphatic carbocycles. The van der Waals surface area contributed by atoms with Crippen molar-refractivity contribution in [2.75, 3.05) is 7.11 Å². The summed E-state index contributed by atoms with van der Waals surface area (Å²) in [6.45, 7) is 15.7. The van der Waals surface area contributed by atoms with Crippen molar-refractivity contribution in [2.45, 2.75) is 103 Å². The number of hydrogen-bond donors (Lipinski definition) is 0. The first-order chi connectivity index (χ1) is 18.6. The topological polar surface area (TPSA) is 107 Å². The minimum atomic E-state index is -2.29. The predicted octanol–water partition coefficient (Wildman–Crippen LogP) is 5.28. The first kappa shape index (κ1) is 33.3. The summed E-state index contributed by atoms with van der Waals surface area (Å²) < 4.78 is 34.2. The molecule has 0 N–H and O–H groups in total. The summed E-state index contributed by atoms with van der Waals surface area (Å²) in [5.74, 6) is -1.15. The maximum atomic E-state index is 12.8. The van der Waals surface area contributed by atoms with Gasteiger partial charge in [-0.05, 0) is 68.8 Å². The van der Waals surface area contributed by atoms with E-state index in [-0.39, 0.29) is 18.1 Å². The molecule has 0 saturated heterocycles. The Kier molecular flexibility index (Phi) is 12.1. The molecule has 5 atom stereocenters. The zero-order valence-electron chi connectivity index (χ0n) is 25.1. The van der Waals surface area contributed by atoms with E-state index in [4.69, 9.17) is 28.1 Å². The van der Waals surface area contributed by atoms with Crippen molar-refractivity contribution >= 4 is 26.2 Å². The Labute approximate surface area is 238 Å². The van der Waals surface area contributed by atoms with Gasteiger partial charge in [0, 0.05) is 12.2 Å². The fraction of sp³-hybridized carbons (Fsp3) is 0.567. The SMILES string of the molecule is COc1ccc(CO[C@@H](C)[C@H]2/C=C/C(=O)O[C@@H](C)[C@H](O[Si](C)(C)C(C)(C)C)/C=C/C(=O)O[C@H](C)CC(=O)O2)cc1. The van der Waals surface area contributed by atoms with E-state index in [1.54, 1.807) is 34.0 Å². The molecule has 40 heavy (non-hydrogen) atoms. The van der Waals surface area contributed by atoms with Gasteiger partial charge in [-0.2, -0.15) is 0 Å². The summed E-state index contributed by atoms with van der Waals surface area (Å²) in [6.07, 6.45) is 1.70. The molecule has 0 bridgehead atoms. The van der Waals surface area contributed by atoms with E-state index in [0.717, 1.165) is 11.3 Å². The molecule has 1 aliphatic heterocycles. The van der Waals surface area contributed by atoms with Crippen LogP contribution >= 0.6 is 0 Å². The average Bonchev–Trinajstić information content (AvgIpc) is 2.86. The fourth-order valence-electron chi connectivity index (χ4n) is 3.49. The van der Waals surface area contributed by atoms with Crippen molar-refractivity contribution in [1.29, 1.82) is 0 Å². The Hall–Kier alpha value is -2.95. The number of carbonyl (C=O) groups excluding carboxylic acids is 3. The molecule has 1 aromatic rings. The van der Waals surface area contributed by atoms with Gasteiger partial charge in [-0.25, -0.2) is 9.59 Å². The summed E-state index contributed by atoms with van der Waals surface area (Å²) in [5.41, 5.74) is 0.897. The number of methoxy groups -OCH3 is 1. The Bertz CT molecular complexity index is 1060. The normalized spacial score (nSPS) is 25.9. The van der Waals surface area contributed by atoms with Crippen molar-refractivity contribution < 1.29 is 42.5 Å². The Morgan fingerprint density at radius 2 is 1.55 bits per heavy atom. The van der Waals surface area contributed by atoms with E-state index in [9.17, 15) is 14.4 Å². The van der Waals surface area contributed by atoms with Crippen LogP contribution < -0.4 is 4.74 Å². The number of carbonyl (C=O) groups is 3. The zero-order valence-corrected chi connectivity index (χ0v) is 26.1. The van der Waals surface area contributed by atoms with E-state index in [0.29, 0.717) is 0 Å². The molecule has 10 heteroatoms. The lowest BCUT2D eigenvalue weighted by atomic mass is 10.2. The summed E-state index contributed by atoms with van der Waals surface area (Å²) in [5, 5.41) is -0.108. The van der Waals surface area contributed by atoms with Crippen molar-refractivity contribution in [2.24, 2.45) is 0 Å². The molecule has 0 fully saturated rings. The highest BCUT2D eigenvalue weighted by atomic mass is 28.4. The van der Waals surface area contributed by atoms with E-state index in [2.05, 4.69) is 33.9 Å². The average molecular weight is 577 g/mol. The molecule has 0 amide bonds. The summed E-state index contributed by atoms with van der Waals surface area (Å²) in [6, 6.07) is 7.39. The Morgan fingerprint density at radius 1 is 0.950 bits per heavy atom. The van der Waals surface area contributed by atoms with Crippen LogP contribution in [0.4, 0.5) is 0 Å². The van der Waals surface area contributed by atoms with Gasteiger partial charge < -0.3 is 28.1 Å². The second-order valence-electron chi connectivity index (χ2n) is 11.5. The van der Waals surface area contributed by atoms with E-state index < -0.39 is 56.7 Å². The quantitative estimate of drug-likeness (QED) is 0.243. The second kappa shape index (κ2) is 14.6. The Balaban J connectivity index is 2.25. The highest BCUT2D eigenvalue weighted by Gasteiger charge is 2.40. The van der Waals surface area contributed by atoms with Gasteiger partial charge in [-0.3, -0.25) is 4.79 Å². The van der Waals surface area contributed by atoms with E-state index in [1.807, 2.05) is 24.3 Å². The van der Waals surface area contributed by atoms with Crippen LogP contribution in [-0.2, 0) is 44.4 Å². The van der Waals surface area contributed by atoms with Gasteiger partial charge in [-0.15, -0.1) is 0 Å². The smallest absolute Gasteiger partial charge is 0.330 e. The highest BCUT2D eigenvalue weighted by Crippen LogP contribution is 2.38. The van der Waals surface area contributed by atoms with Crippen molar-refractivity contribution in [1.82, 2.24) is 0 Å². The lowest BCUT2D eigenvalue weighted by Crippen LogP contribution is -2.46. The summed E-state index contributed by atoms with van der Waals surface area (Å²) in [4.78, 5) is 37.9. The number of rotatable bonds is 7. The summed E-state index contributed by atoms with van der Waals surface area (Å²) >= 11 is 0. The van der Waals surface area contributed by atoms with Crippen molar-refractivity contribution in [3.05, 3.63) is 54.1 Å². The molecule has 0 radical (unpaired) electrons. The van der Waals surface area contributed by atoms with Gasteiger partial charge in [0.2, 0.25) is 0 Å². The monoisotopic (exact) mass is 576 g/mol. The van der Waals surface area contributed by atoms with Crippen LogP contribution in [0.25, 0.3) is 0 Å². The predicted molar refractivity (Wildman–Crippen MR) is 153 cm³/mol. The minimum Gasteiger partial charge on any atom is -0.497 e. The molecule has 2 rings (SSSR count). The highest BCUT2D eigenvalue weighted by molar-refractivity contribution is 6.74. The maximum absolute atomic E-state index is 12.8. The van der Waals surface area contributed by atoms with Crippen LogP contribution in [0.5, 0.6) is 5.75 Å². The first-order valence-corrected chi connectivity index (χ1v) is 16.4. The molecular weight excluding hydrogens is 532 g/mol. The third kappa shape index (κ3) is 10.6. The van der Waals surface area contributed by atoms with Gasteiger partial charge in [0.05, 0.1) is 26.2 Å². The molecule has 0 saturated carbocycles. The third-order valence-corrected chi connectivity index (χ3v) is 11.5. The first-order valence-electron chi connectivity index (χ1n) is 13.5. The van der Waals surface area contributed by atoms with Gasteiger partial charge in [-0.1, -0.05) is 32.9 Å². The number of esters is 3. The molecule has 0 unspecified atom stereocenters. The largest absolute Gasteiger partial charge is 0.497 e. The van der Waals surface area contributed by atoms with E-state index in [1.165, 1.54) is 18.2 Å². The lowest BCUT2D eigenvalue weighted by molar-refractivity contribution is -0.158. The van der Waals surface area contributed by atoms with Gasteiger partial charge in [0.15, 0.2) is 8.32 Å². The van der Waals surface area contributed by atoms with Crippen molar-refractivity contribution in [3.8, 4) is 5.75 Å². The fourth-order valence-corrected chi connectivity index (χ4v) is 4.80. The lowest BCUT2D eigenvalue weighted by Gasteiger charge is -2.39. The van der Waals surface area contributed by atoms with Crippen LogP contribution in [0.1, 0.15) is 53.5 Å².